The Labute approximate surface area is 145 Å². The number of nitrogens with one attached hydrogen (secondary N) is 1. The number of carbonyl (C=O) groups excluding carboxylic acids is 1. The van der Waals surface area contributed by atoms with Gasteiger partial charge in [0.15, 0.2) is 5.13 Å². The SMILES string of the molecule is Cc1ccc(CC(=O)Nc2nc(-c3ccc(Br)s3)cs2)cc1. The summed E-state index contributed by atoms with van der Waals surface area (Å²) in [6, 6.07) is 12.0. The summed E-state index contributed by atoms with van der Waals surface area (Å²) in [7, 11) is 0. The summed E-state index contributed by atoms with van der Waals surface area (Å²) in [4.78, 5) is 17.6. The lowest BCUT2D eigenvalue weighted by molar-refractivity contribution is -0.115. The van der Waals surface area contributed by atoms with Crippen LogP contribution in [0.5, 0.6) is 0 Å². The van der Waals surface area contributed by atoms with E-state index in [1.54, 1.807) is 11.3 Å². The van der Waals surface area contributed by atoms with Crippen molar-refractivity contribution >= 4 is 49.6 Å². The minimum absolute atomic E-state index is 0.0443. The lowest BCUT2D eigenvalue weighted by atomic mass is 10.1. The Morgan fingerprint density at radius 3 is 2.68 bits per heavy atom. The van der Waals surface area contributed by atoms with Gasteiger partial charge in [0.2, 0.25) is 5.91 Å². The molecule has 0 fully saturated rings. The average molecular weight is 393 g/mol. The fraction of sp³-hybridized carbons (Fsp3) is 0.125. The van der Waals surface area contributed by atoms with Gasteiger partial charge in [-0.3, -0.25) is 4.79 Å². The summed E-state index contributed by atoms with van der Waals surface area (Å²) in [6.07, 6.45) is 0.361. The van der Waals surface area contributed by atoms with E-state index >= 15 is 0 Å². The number of anilines is 1. The van der Waals surface area contributed by atoms with Gasteiger partial charge >= 0.3 is 0 Å². The van der Waals surface area contributed by atoms with Gasteiger partial charge in [-0.2, -0.15) is 0 Å². The molecule has 0 aliphatic heterocycles. The Morgan fingerprint density at radius 2 is 2.00 bits per heavy atom. The summed E-state index contributed by atoms with van der Waals surface area (Å²) in [5.74, 6) is -0.0443. The predicted molar refractivity (Wildman–Crippen MR) is 96.6 cm³/mol. The van der Waals surface area contributed by atoms with Crippen LogP contribution in [0.25, 0.3) is 10.6 Å². The summed E-state index contributed by atoms with van der Waals surface area (Å²) < 4.78 is 1.07. The molecule has 0 bridgehead atoms. The molecule has 3 nitrogen and oxygen atoms in total. The zero-order valence-corrected chi connectivity index (χ0v) is 15.0. The van der Waals surface area contributed by atoms with Crippen molar-refractivity contribution in [2.75, 3.05) is 5.32 Å². The van der Waals surface area contributed by atoms with Crippen molar-refractivity contribution in [3.63, 3.8) is 0 Å². The predicted octanol–water partition coefficient (Wildman–Crippen LogP) is 5.12. The molecule has 6 heteroatoms. The van der Waals surface area contributed by atoms with Crippen LogP contribution in [0.4, 0.5) is 5.13 Å². The van der Waals surface area contributed by atoms with Crippen LogP contribution in [0.3, 0.4) is 0 Å². The van der Waals surface area contributed by atoms with Gasteiger partial charge in [-0.1, -0.05) is 29.8 Å². The Hall–Kier alpha value is -1.50. The van der Waals surface area contributed by atoms with Crippen molar-refractivity contribution in [1.82, 2.24) is 4.98 Å². The summed E-state index contributed by atoms with van der Waals surface area (Å²) in [5.41, 5.74) is 3.09. The number of thiophene rings is 1. The number of benzene rings is 1. The second kappa shape index (κ2) is 6.73. The van der Waals surface area contributed by atoms with Gasteiger partial charge < -0.3 is 5.32 Å². The van der Waals surface area contributed by atoms with Crippen LogP contribution in [-0.4, -0.2) is 10.9 Å². The highest BCUT2D eigenvalue weighted by atomic mass is 79.9. The van der Waals surface area contributed by atoms with E-state index in [4.69, 9.17) is 0 Å². The topological polar surface area (TPSA) is 42.0 Å². The number of rotatable bonds is 4. The number of hydrogen-bond donors (Lipinski definition) is 1. The Kier molecular flexibility index (Phi) is 4.71. The Bertz CT molecular complexity index is 793. The molecule has 1 amide bonds. The van der Waals surface area contributed by atoms with Gasteiger partial charge in [-0.05, 0) is 40.5 Å². The minimum Gasteiger partial charge on any atom is -0.302 e. The normalized spacial score (nSPS) is 10.6. The first-order valence-corrected chi connectivity index (χ1v) is 9.16. The molecular weight excluding hydrogens is 380 g/mol. The zero-order chi connectivity index (χ0) is 15.5. The standard InChI is InChI=1S/C16H13BrN2OS2/c1-10-2-4-11(5-3-10)8-15(20)19-16-18-12(9-21-16)13-6-7-14(17)22-13/h2-7,9H,8H2,1H3,(H,18,19,20). The first kappa shape index (κ1) is 15.4. The molecule has 0 saturated carbocycles. The lowest BCUT2D eigenvalue weighted by Gasteiger charge is -2.02. The van der Waals surface area contributed by atoms with Gasteiger partial charge in [0, 0.05) is 5.38 Å². The quantitative estimate of drug-likeness (QED) is 0.668. The summed E-state index contributed by atoms with van der Waals surface area (Å²) in [6.45, 7) is 2.03. The number of thiazole rings is 1. The van der Waals surface area contributed by atoms with Crippen LogP contribution in [0, 0.1) is 6.92 Å². The van der Waals surface area contributed by atoms with Crippen molar-refractivity contribution in [3.05, 3.63) is 56.7 Å². The third kappa shape index (κ3) is 3.82. The van der Waals surface area contributed by atoms with Crippen LogP contribution in [-0.2, 0) is 11.2 Å². The van der Waals surface area contributed by atoms with Gasteiger partial charge in [-0.15, -0.1) is 22.7 Å². The molecule has 1 N–H and O–H groups in total. The highest BCUT2D eigenvalue weighted by Crippen LogP contribution is 2.33. The third-order valence-electron chi connectivity index (χ3n) is 3.06. The van der Waals surface area contributed by atoms with E-state index < -0.39 is 0 Å². The Morgan fingerprint density at radius 1 is 1.23 bits per heavy atom. The van der Waals surface area contributed by atoms with Crippen molar-refractivity contribution in [2.24, 2.45) is 0 Å². The second-order valence-electron chi connectivity index (χ2n) is 4.85. The smallest absolute Gasteiger partial charge is 0.230 e. The number of hydrogen-bond acceptors (Lipinski definition) is 4. The lowest BCUT2D eigenvalue weighted by Crippen LogP contribution is -2.14. The minimum atomic E-state index is -0.0443. The van der Waals surface area contributed by atoms with Crippen LogP contribution in [0.2, 0.25) is 0 Å². The molecule has 2 aromatic heterocycles. The van der Waals surface area contributed by atoms with E-state index in [0.29, 0.717) is 11.6 Å². The maximum absolute atomic E-state index is 12.1. The molecule has 0 unspecified atom stereocenters. The molecule has 3 rings (SSSR count). The van der Waals surface area contributed by atoms with Gasteiger partial charge in [0.05, 0.1) is 20.8 Å². The van der Waals surface area contributed by atoms with Crippen LogP contribution in [0.1, 0.15) is 11.1 Å². The van der Waals surface area contributed by atoms with E-state index in [9.17, 15) is 4.79 Å². The monoisotopic (exact) mass is 392 g/mol. The van der Waals surface area contributed by atoms with Crippen LogP contribution >= 0.6 is 38.6 Å². The maximum atomic E-state index is 12.1. The molecule has 112 valence electrons. The number of aryl methyl sites for hydroxylation is 1. The molecular formula is C16H13BrN2OS2. The van der Waals surface area contributed by atoms with E-state index in [1.807, 2.05) is 48.7 Å². The third-order valence-corrected chi connectivity index (χ3v) is 5.47. The molecule has 0 aliphatic carbocycles. The van der Waals surface area contributed by atoms with E-state index in [-0.39, 0.29) is 5.91 Å². The van der Waals surface area contributed by atoms with Crippen molar-refractivity contribution in [3.8, 4) is 10.6 Å². The molecule has 0 atom stereocenters. The van der Waals surface area contributed by atoms with E-state index in [1.165, 1.54) is 16.9 Å². The number of carbonyl (C=O) groups is 1. The number of halogens is 1. The number of amides is 1. The zero-order valence-electron chi connectivity index (χ0n) is 11.8. The molecule has 0 aliphatic rings. The van der Waals surface area contributed by atoms with Crippen molar-refractivity contribution < 1.29 is 4.79 Å². The Balaban J connectivity index is 1.64. The fourth-order valence-electron chi connectivity index (χ4n) is 1.95. The number of nitrogens with zero attached hydrogens (tertiary/aromatic N) is 1. The molecule has 0 radical (unpaired) electrons. The first-order chi connectivity index (χ1) is 10.6. The summed E-state index contributed by atoms with van der Waals surface area (Å²) in [5, 5.41) is 5.46. The maximum Gasteiger partial charge on any atom is 0.230 e. The van der Waals surface area contributed by atoms with Crippen molar-refractivity contribution in [2.45, 2.75) is 13.3 Å². The van der Waals surface area contributed by atoms with Gasteiger partial charge in [0.25, 0.3) is 0 Å². The van der Waals surface area contributed by atoms with Crippen LogP contribution < -0.4 is 5.32 Å². The summed E-state index contributed by atoms with van der Waals surface area (Å²) >= 11 is 6.51. The highest BCUT2D eigenvalue weighted by molar-refractivity contribution is 9.11. The number of aromatic nitrogens is 1. The van der Waals surface area contributed by atoms with Crippen molar-refractivity contribution in [1.29, 1.82) is 0 Å². The van der Waals surface area contributed by atoms with E-state index in [2.05, 4.69) is 26.2 Å². The van der Waals surface area contributed by atoms with Gasteiger partial charge in [0.1, 0.15) is 0 Å². The fourth-order valence-corrected chi connectivity index (χ4v) is 4.10. The second-order valence-corrected chi connectivity index (χ2v) is 8.17. The average Bonchev–Trinajstić information content (AvgIpc) is 3.10. The van der Waals surface area contributed by atoms with E-state index in [0.717, 1.165) is 19.9 Å². The largest absolute Gasteiger partial charge is 0.302 e. The van der Waals surface area contributed by atoms with Gasteiger partial charge in [-0.25, -0.2) is 4.98 Å². The molecule has 0 saturated heterocycles. The molecule has 1 aromatic carbocycles. The highest BCUT2D eigenvalue weighted by Gasteiger charge is 2.10. The molecule has 3 aromatic rings. The molecule has 0 spiro atoms. The van der Waals surface area contributed by atoms with Crippen LogP contribution in [0.15, 0.2) is 45.6 Å². The molecule has 22 heavy (non-hydrogen) atoms. The molecule has 2 heterocycles. The first-order valence-electron chi connectivity index (χ1n) is 6.67.